The Morgan fingerprint density at radius 3 is 2.71 bits per heavy atom. The Balaban J connectivity index is 1.99. The van der Waals surface area contributed by atoms with Crippen LogP contribution in [0.1, 0.15) is 37.0 Å². The van der Waals surface area contributed by atoms with Crippen LogP contribution in [-0.2, 0) is 0 Å². The number of rotatable bonds is 3. The molecule has 0 amide bonds. The number of nitrogens with zero attached hydrogens (tertiary/aromatic N) is 1. The van der Waals surface area contributed by atoms with E-state index >= 15 is 0 Å². The van der Waals surface area contributed by atoms with Crippen LogP contribution in [0.2, 0.25) is 0 Å². The van der Waals surface area contributed by atoms with Crippen molar-refractivity contribution in [2.75, 3.05) is 13.1 Å². The molecule has 1 aliphatic heterocycles. The lowest BCUT2D eigenvalue weighted by Gasteiger charge is -2.37. The van der Waals surface area contributed by atoms with Crippen LogP contribution in [-0.4, -0.2) is 29.8 Å². The maximum Gasteiger partial charge on any atom is 0.176 e. The van der Waals surface area contributed by atoms with Gasteiger partial charge < -0.3 is 0 Å². The zero-order chi connectivity index (χ0) is 12.3. The summed E-state index contributed by atoms with van der Waals surface area (Å²) in [5, 5.41) is 0. The number of benzene rings is 1. The Morgan fingerprint density at radius 2 is 2.00 bits per heavy atom. The molecule has 92 valence electrons. The van der Waals surface area contributed by atoms with Crippen molar-refractivity contribution in [3.8, 4) is 0 Å². The molecule has 1 aromatic carbocycles. The zero-order valence-corrected chi connectivity index (χ0v) is 10.7. The van der Waals surface area contributed by atoms with E-state index < -0.39 is 0 Å². The Bertz CT molecular complexity index is 374. The Hall–Kier alpha value is -1.15. The van der Waals surface area contributed by atoms with Gasteiger partial charge in [0.1, 0.15) is 0 Å². The van der Waals surface area contributed by atoms with E-state index in [0.29, 0.717) is 18.5 Å². The summed E-state index contributed by atoms with van der Waals surface area (Å²) in [6.07, 6.45) is 2.50. The lowest BCUT2D eigenvalue weighted by Crippen LogP contribution is -2.44. The summed E-state index contributed by atoms with van der Waals surface area (Å²) < 4.78 is 0. The standard InChI is InChI=1S/C15H21NO/c1-12-7-6-10-16(13(12)2)11-15(17)14-8-4-3-5-9-14/h3-5,8-9,12-13H,6-7,10-11H2,1-2H3/t12-,13+/m1/s1. The maximum atomic E-state index is 12.1. The summed E-state index contributed by atoms with van der Waals surface area (Å²) in [6, 6.07) is 10.1. The molecule has 0 aliphatic carbocycles. The number of ketones is 1. The molecule has 2 nitrogen and oxygen atoms in total. The summed E-state index contributed by atoms with van der Waals surface area (Å²) in [7, 11) is 0. The van der Waals surface area contributed by atoms with Crippen molar-refractivity contribution in [2.45, 2.75) is 32.7 Å². The van der Waals surface area contributed by atoms with Crippen molar-refractivity contribution in [3.63, 3.8) is 0 Å². The van der Waals surface area contributed by atoms with Gasteiger partial charge in [0.05, 0.1) is 6.54 Å². The molecule has 2 rings (SSSR count). The monoisotopic (exact) mass is 231 g/mol. The third-order valence-electron chi connectivity index (χ3n) is 3.95. The first-order valence-corrected chi connectivity index (χ1v) is 6.51. The van der Waals surface area contributed by atoms with E-state index in [1.807, 2.05) is 30.3 Å². The fourth-order valence-electron chi connectivity index (χ4n) is 2.54. The van der Waals surface area contributed by atoms with Crippen LogP contribution in [0.5, 0.6) is 0 Å². The molecular weight excluding hydrogens is 210 g/mol. The van der Waals surface area contributed by atoms with Gasteiger partial charge >= 0.3 is 0 Å². The maximum absolute atomic E-state index is 12.1. The van der Waals surface area contributed by atoms with E-state index in [0.717, 1.165) is 12.1 Å². The second kappa shape index (κ2) is 5.46. The van der Waals surface area contributed by atoms with Crippen molar-refractivity contribution in [2.24, 2.45) is 5.92 Å². The average Bonchev–Trinajstić information content (AvgIpc) is 2.36. The summed E-state index contributed by atoms with van der Waals surface area (Å²) in [4.78, 5) is 14.4. The summed E-state index contributed by atoms with van der Waals surface area (Å²) in [6.45, 7) is 6.14. The van der Waals surface area contributed by atoms with Crippen LogP contribution in [0.3, 0.4) is 0 Å². The van der Waals surface area contributed by atoms with Gasteiger partial charge in [-0.05, 0) is 32.2 Å². The van der Waals surface area contributed by atoms with E-state index in [-0.39, 0.29) is 5.78 Å². The second-order valence-electron chi connectivity index (χ2n) is 5.12. The number of hydrogen-bond donors (Lipinski definition) is 0. The molecule has 0 bridgehead atoms. The molecule has 1 aliphatic rings. The molecule has 1 fully saturated rings. The van der Waals surface area contributed by atoms with Gasteiger partial charge in [-0.1, -0.05) is 37.3 Å². The number of piperidine rings is 1. The molecule has 0 unspecified atom stereocenters. The highest BCUT2D eigenvalue weighted by Crippen LogP contribution is 2.22. The molecule has 2 heteroatoms. The molecule has 1 aromatic rings. The molecule has 0 N–H and O–H groups in total. The van der Waals surface area contributed by atoms with Gasteiger partial charge in [0.2, 0.25) is 0 Å². The number of Topliss-reactive ketones (excluding diaryl/α,β-unsaturated/α-hetero) is 1. The van der Waals surface area contributed by atoms with Crippen molar-refractivity contribution < 1.29 is 4.79 Å². The molecular formula is C15H21NO. The lowest BCUT2D eigenvalue weighted by atomic mass is 9.91. The van der Waals surface area contributed by atoms with E-state index in [2.05, 4.69) is 18.7 Å². The van der Waals surface area contributed by atoms with Crippen LogP contribution < -0.4 is 0 Å². The minimum atomic E-state index is 0.242. The van der Waals surface area contributed by atoms with Gasteiger partial charge in [0.15, 0.2) is 5.78 Å². The van der Waals surface area contributed by atoms with Gasteiger partial charge in [-0.3, -0.25) is 9.69 Å². The highest BCUT2D eigenvalue weighted by atomic mass is 16.1. The highest BCUT2D eigenvalue weighted by Gasteiger charge is 2.26. The number of hydrogen-bond acceptors (Lipinski definition) is 2. The van der Waals surface area contributed by atoms with Gasteiger partial charge in [0.25, 0.3) is 0 Å². The largest absolute Gasteiger partial charge is 0.293 e. The number of carbonyl (C=O) groups excluding carboxylic acids is 1. The fraction of sp³-hybridized carbons (Fsp3) is 0.533. The Morgan fingerprint density at radius 1 is 1.29 bits per heavy atom. The predicted octanol–water partition coefficient (Wildman–Crippen LogP) is 2.99. The zero-order valence-electron chi connectivity index (χ0n) is 10.7. The summed E-state index contributed by atoms with van der Waals surface area (Å²) in [5.74, 6) is 0.943. The molecule has 1 saturated heterocycles. The van der Waals surface area contributed by atoms with E-state index in [1.165, 1.54) is 12.8 Å². The molecule has 0 spiro atoms. The van der Waals surface area contributed by atoms with Gasteiger partial charge in [-0.15, -0.1) is 0 Å². The predicted molar refractivity (Wildman–Crippen MR) is 70.2 cm³/mol. The summed E-state index contributed by atoms with van der Waals surface area (Å²) in [5.41, 5.74) is 0.831. The van der Waals surface area contributed by atoms with E-state index in [1.54, 1.807) is 0 Å². The quantitative estimate of drug-likeness (QED) is 0.745. The Kier molecular flexibility index (Phi) is 3.95. The smallest absolute Gasteiger partial charge is 0.176 e. The second-order valence-corrected chi connectivity index (χ2v) is 5.12. The molecule has 0 aromatic heterocycles. The topological polar surface area (TPSA) is 20.3 Å². The van der Waals surface area contributed by atoms with E-state index in [4.69, 9.17) is 0 Å². The van der Waals surface area contributed by atoms with E-state index in [9.17, 15) is 4.79 Å². The molecule has 17 heavy (non-hydrogen) atoms. The third-order valence-corrected chi connectivity index (χ3v) is 3.95. The number of likely N-dealkylation sites (tertiary alicyclic amines) is 1. The van der Waals surface area contributed by atoms with Crippen molar-refractivity contribution >= 4 is 5.78 Å². The van der Waals surface area contributed by atoms with Crippen LogP contribution in [0.15, 0.2) is 30.3 Å². The van der Waals surface area contributed by atoms with Crippen LogP contribution in [0.4, 0.5) is 0 Å². The molecule has 1 heterocycles. The van der Waals surface area contributed by atoms with Gasteiger partial charge in [-0.25, -0.2) is 0 Å². The van der Waals surface area contributed by atoms with Crippen LogP contribution >= 0.6 is 0 Å². The van der Waals surface area contributed by atoms with Crippen molar-refractivity contribution in [3.05, 3.63) is 35.9 Å². The number of carbonyl (C=O) groups is 1. The van der Waals surface area contributed by atoms with Gasteiger partial charge in [-0.2, -0.15) is 0 Å². The van der Waals surface area contributed by atoms with Gasteiger partial charge in [0, 0.05) is 11.6 Å². The van der Waals surface area contributed by atoms with Crippen LogP contribution in [0, 0.1) is 5.92 Å². The molecule has 2 atom stereocenters. The Labute approximate surface area is 104 Å². The first kappa shape index (κ1) is 12.3. The van der Waals surface area contributed by atoms with Crippen molar-refractivity contribution in [1.29, 1.82) is 0 Å². The first-order valence-electron chi connectivity index (χ1n) is 6.51. The first-order chi connectivity index (χ1) is 8.18. The van der Waals surface area contributed by atoms with Crippen molar-refractivity contribution in [1.82, 2.24) is 4.90 Å². The minimum absolute atomic E-state index is 0.242. The summed E-state index contributed by atoms with van der Waals surface area (Å²) >= 11 is 0. The normalized spacial score (nSPS) is 25.8. The fourth-order valence-corrected chi connectivity index (χ4v) is 2.54. The highest BCUT2D eigenvalue weighted by molar-refractivity contribution is 5.97. The third kappa shape index (κ3) is 2.95. The lowest BCUT2D eigenvalue weighted by molar-refractivity contribution is 0.0779. The average molecular weight is 231 g/mol. The minimum Gasteiger partial charge on any atom is -0.293 e. The van der Waals surface area contributed by atoms with Crippen LogP contribution in [0.25, 0.3) is 0 Å². The SMILES string of the molecule is C[C@@H]1CCCN(CC(=O)c2ccccc2)[C@H]1C. The molecule has 0 radical (unpaired) electrons. The molecule has 0 saturated carbocycles.